The van der Waals surface area contributed by atoms with Gasteiger partial charge < -0.3 is 20.1 Å². The Hall–Kier alpha value is -3.76. The minimum Gasteiger partial charge on any atom is -0.454 e. The van der Waals surface area contributed by atoms with Crippen LogP contribution in [0.2, 0.25) is 5.02 Å². The fourth-order valence-corrected chi connectivity index (χ4v) is 6.52. The summed E-state index contributed by atoms with van der Waals surface area (Å²) in [7, 11) is -4.24. The van der Waals surface area contributed by atoms with Crippen LogP contribution < -0.4 is 24.4 Å². The summed E-state index contributed by atoms with van der Waals surface area (Å²) in [6.07, 6.45) is -0.379. The normalized spacial score (nSPS) is 16.2. The average molecular weight is 542 g/mol. The van der Waals surface area contributed by atoms with Crippen molar-refractivity contribution in [3.63, 3.8) is 0 Å². The van der Waals surface area contributed by atoms with E-state index in [4.69, 9.17) is 21.1 Å². The van der Waals surface area contributed by atoms with Crippen molar-refractivity contribution >= 4 is 44.8 Å². The molecule has 9 nitrogen and oxygen atoms in total. The van der Waals surface area contributed by atoms with Gasteiger partial charge in [-0.1, -0.05) is 29.8 Å². The first-order chi connectivity index (χ1) is 17.6. The van der Waals surface area contributed by atoms with Gasteiger partial charge in [0.05, 0.1) is 22.7 Å². The smallest absolute Gasteiger partial charge is 0.265 e. The van der Waals surface area contributed by atoms with Crippen molar-refractivity contribution in [2.75, 3.05) is 16.4 Å². The lowest BCUT2D eigenvalue weighted by Gasteiger charge is -2.37. The van der Waals surface area contributed by atoms with Crippen LogP contribution in [0.5, 0.6) is 11.5 Å². The van der Waals surface area contributed by atoms with Crippen LogP contribution in [0.3, 0.4) is 0 Å². The number of hydrogen-bond acceptors (Lipinski definition) is 6. The van der Waals surface area contributed by atoms with Gasteiger partial charge in [0.2, 0.25) is 18.6 Å². The second-order valence-corrected chi connectivity index (χ2v) is 11.0. The van der Waals surface area contributed by atoms with E-state index in [1.54, 1.807) is 62.4 Å². The quantitative estimate of drug-likeness (QED) is 0.489. The number of carbonyl (C=O) groups excluding carboxylic acids is 2. The van der Waals surface area contributed by atoms with Crippen molar-refractivity contribution < 1.29 is 27.5 Å². The molecule has 1 unspecified atom stereocenters. The van der Waals surface area contributed by atoms with E-state index >= 15 is 0 Å². The number of ether oxygens (including phenoxy) is 2. The Labute approximate surface area is 219 Å². The number of aryl methyl sites for hydroxylation is 2. The molecule has 1 atom stereocenters. The molecule has 0 spiro atoms. The number of carbonyl (C=O) groups is 2. The van der Waals surface area contributed by atoms with E-state index in [9.17, 15) is 18.0 Å². The highest BCUT2D eigenvalue weighted by atomic mass is 35.5. The predicted molar refractivity (Wildman–Crippen MR) is 138 cm³/mol. The zero-order chi connectivity index (χ0) is 26.3. The highest BCUT2D eigenvalue weighted by molar-refractivity contribution is 7.93. The molecule has 2 aliphatic rings. The fraction of sp³-hybridized carbons (Fsp3) is 0.231. The van der Waals surface area contributed by atoms with Crippen LogP contribution in [0.15, 0.2) is 59.5 Å². The number of para-hydroxylation sites is 2. The zero-order valence-corrected chi connectivity index (χ0v) is 21.7. The van der Waals surface area contributed by atoms with Crippen LogP contribution in [-0.4, -0.2) is 33.1 Å². The van der Waals surface area contributed by atoms with E-state index in [-0.39, 0.29) is 30.3 Å². The Kier molecular flexibility index (Phi) is 6.47. The fourth-order valence-electron chi connectivity index (χ4n) is 4.37. The van der Waals surface area contributed by atoms with Crippen LogP contribution in [0.4, 0.5) is 11.4 Å². The summed E-state index contributed by atoms with van der Waals surface area (Å²) in [5.74, 6) is 0.132. The van der Waals surface area contributed by atoms with Crippen molar-refractivity contribution in [1.82, 2.24) is 5.32 Å². The van der Waals surface area contributed by atoms with Gasteiger partial charge in [-0.15, -0.1) is 0 Å². The summed E-state index contributed by atoms with van der Waals surface area (Å²) in [4.78, 5) is 26.1. The van der Waals surface area contributed by atoms with E-state index in [1.807, 2.05) is 0 Å². The van der Waals surface area contributed by atoms with Crippen molar-refractivity contribution in [2.24, 2.45) is 0 Å². The molecule has 192 valence electrons. The van der Waals surface area contributed by atoms with E-state index in [2.05, 4.69) is 10.6 Å². The first-order valence-electron chi connectivity index (χ1n) is 11.5. The SMILES string of the molecule is Cc1cc(S(=O)(=O)N2c3ccccc3NC(=O)C2CC(=O)NCc2ccc3c(c2)OCO3)c(C)cc1Cl. The van der Waals surface area contributed by atoms with E-state index < -0.39 is 27.9 Å². The summed E-state index contributed by atoms with van der Waals surface area (Å²) < 4.78 is 39.7. The molecule has 0 bridgehead atoms. The van der Waals surface area contributed by atoms with E-state index in [0.29, 0.717) is 33.3 Å². The topological polar surface area (TPSA) is 114 Å². The predicted octanol–water partition coefficient (Wildman–Crippen LogP) is 3.91. The molecular formula is C26H24ClN3O6S. The number of nitrogens with one attached hydrogen (secondary N) is 2. The molecule has 5 rings (SSSR count). The summed E-state index contributed by atoms with van der Waals surface area (Å²) in [6.45, 7) is 3.66. The standard InChI is InChI=1S/C26H24ClN3O6S/c1-15-10-24(16(2)9-18(15)27)37(33,34)30-20-6-4-3-5-19(20)29-26(32)21(30)12-25(31)28-13-17-7-8-22-23(11-17)36-14-35-22/h3-11,21H,12-14H2,1-2H3,(H,28,31)(H,29,32). The van der Waals surface area contributed by atoms with Crippen LogP contribution in [0.1, 0.15) is 23.1 Å². The molecule has 3 aromatic carbocycles. The number of fused-ring (bicyclic) bond motifs is 2. The Morgan fingerprint density at radius 2 is 1.84 bits per heavy atom. The van der Waals surface area contributed by atoms with Crippen molar-refractivity contribution in [2.45, 2.75) is 37.8 Å². The van der Waals surface area contributed by atoms with Gasteiger partial charge in [0, 0.05) is 11.6 Å². The molecule has 0 saturated heterocycles. The molecule has 0 fully saturated rings. The third-order valence-corrected chi connectivity index (χ3v) is 8.66. The van der Waals surface area contributed by atoms with Crippen LogP contribution in [0, 0.1) is 13.8 Å². The monoisotopic (exact) mass is 541 g/mol. The Bertz CT molecular complexity index is 1520. The van der Waals surface area contributed by atoms with Gasteiger partial charge in [-0.2, -0.15) is 0 Å². The summed E-state index contributed by atoms with van der Waals surface area (Å²) in [6, 6.07) is 13.6. The third-order valence-electron chi connectivity index (χ3n) is 6.28. The molecule has 3 aromatic rings. The van der Waals surface area contributed by atoms with Gasteiger partial charge >= 0.3 is 0 Å². The first kappa shape index (κ1) is 24.9. The molecule has 37 heavy (non-hydrogen) atoms. The highest BCUT2D eigenvalue weighted by Crippen LogP contribution is 2.38. The van der Waals surface area contributed by atoms with Crippen LogP contribution >= 0.6 is 11.6 Å². The van der Waals surface area contributed by atoms with Crippen LogP contribution in [-0.2, 0) is 26.2 Å². The number of halogens is 1. The Morgan fingerprint density at radius 1 is 1.08 bits per heavy atom. The number of amides is 2. The molecule has 2 N–H and O–H groups in total. The molecule has 0 saturated carbocycles. The van der Waals surface area contributed by atoms with Gasteiger partial charge in [-0.25, -0.2) is 8.42 Å². The molecule has 0 aromatic heterocycles. The molecular weight excluding hydrogens is 518 g/mol. The second-order valence-electron chi connectivity index (χ2n) is 8.86. The average Bonchev–Trinajstić information content (AvgIpc) is 3.33. The number of rotatable bonds is 6. The number of benzene rings is 3. The maximum Gasteiger partial charge on any atom is 0.265 e. The lowest BCUT2D eigenvalue weighted by Crippen LogP contribution is -2.52. The lowest BCUT2D eigenvalue weighted by atomic mass is 10.1. The number of anilines is 2. The molecule has 2 aliphatic heterocycles. The van der Waals surface area contributed by atoms with E-state index in [0.717, 1.165) is 9.87 Å². The number of nitrogens with zero attached hydrogens (tertiary/aromatic N) is 1. The molecule has 2 heterocycles. The summed E-state index contributed by atoms with van der Waals surface area (Å²) in [5.41, 5.74) is 2.41. The Balaban J connectivity index is 1.44. The molecule has 2 amide bonds. The van der Waals surface area contributed by atoms with Gasteiger partial charge in [0.25, 0.3) is 10.0 Å². The van der Waals surface area contributed by atoms with Gasteiger partial charge in [-0.3, -0.25) is 13.9 Å². The summed E-state index contributed by atoms with van der Waals surface area (Å²) in [5, 5.41) is 5.93. The van der Waals surface area contributed by atoms with Crippen LogP contribution in [0.25, 0.3) is 0 Å². The minimum absolute atomic E-state index is 0.0182. The van der Waals surface area contributed by atoms with Gasteiger partial charge in [0.15, 0.2) is 11.5 Å². The first-order valence-corrected chi connectivity index (χ1v) is 13.3. The minimum atomic E-state index is -4.24. The third kappa shape index (κ3) is 4.70. The number of hydrogen-bond donors (Lipinski definition) is 2. The largest absolute Gasteiger partial charge is 0.454 e. The molecule has 11 heteroatoms. The molecule has 0 aliphatic carbocycles. The highest BCUT2D eigenvalue weighted by Gasteiger charge is 2.42. The summed E-state index contributed by atoms with van der Waals surface area (Å²) >= 11 is 6.20. The van der Waals surface area contributed by atoms with Gasteiger partial charge in [0.1, 0.15) is 6.04 Å². The maximum atomic E-state index is 14.0. The van der Waals surface area contributed by atoms with Gasteiger partial charge in [-0.05, 0) is 66.9 Å². The van der Waals surface area contributed by atoms with Crippen molar-refractivity contribution in [3.05, 3.63) is 76.3 Å². The Morgan fingerprint density at radius 3 is 2.65 bits per heavy atom. The number of sulfonamides is 1. The second kappa shape index (κ2) is 9.60. The zero-order valence-electron chi connectivity index (χ0n) is 20.1. The van der Waals surface area contributed by atoms with Crippen molar-refractivity contribution in [3.8, 4) is 11.5 Å². The maximum absolute atomic E-state index is 14.0. The molecule has 0 radical (unpaired) electrons. The van der Waals surface area contributed by atoms with Crippen molar-refractivity contribution in [1.29, 1.82) is 0 Å². The van der Waals surface area contributed by atoms with E-state index in [1.165, 1.54) is 6.07 Å². The lowest BCUT2D eigenvalue weighted by molar-refractivity contribution is -0.125.